The highest BCUT2D eigenvalue weighted by molar-refractivity contribution is 9.10. The van der Waals surface area contributed by atoms with Crippen LogP contribution in [0.3, 0.4) is 0 Å². The van der Waals surface area contributed by atoms with Crippen LogP contribution in [0.15, 0.2) is 46.9 Å². The van der Waals surface area contributed by atoms with E-state index < -0.39 is 17.9 Å². The number of nitrogens with zero attached hydrogens (tertiary/aromatic N) is 1. The number of thiol groups is 1. The minimum atomic E-state index is -1.07. The van der Waals surface area contributed by atoms with Crippen LogP contribution in [0.1, 0.15) is 29.2 Å². The van der Waals surface area contributed by atoms with Gasteiger partial charge in [-0.25, -0.2) is 4.79 Å². The number of benzene rings is 2. The van der Waals surface area contributed by atoms with E-state index in [9.17, 15) is 14.7 Å². The quantitative estimate of drug-likeness (QED) is 0.382. The van der Waals surface area contributed by atoms with Gasteiger partial charge >= 0.3 is 5.97 Å². The van der Waals surface area contributed by atoms with Gasteiger partial charge in [0.15, 0.2) is 0 Å². The SMILES string of the molecule is O=C(O)C(Cc1[nH]nc2ccccc12)NC(=O)C(CS)C1CCc2cc(Br)ccc21. The van der Waals surface area contributed by atoms with Gasteiger partial charge in [-0.2, -0.15) is 17.7 Å². The van der Waals surface area contributed by atoms with E-state index >= 15 is 0 Å². The summed E-state index contributed by atoms with van der Waals surface area (Å²) < 4.78 is 1.02. The molecule has 0 fully saturated rings. The maximum Gasteiger partial charge on any atom is 0.326 e. The Kier molecular flexibility index (Phi) is 6.15. The zero-order valence-corrected chi connectivity index (χ0v) is 18.6. The number of carboxylic acid groups (broad SMARTS) is 1. The number of para-hydroxylation sites is 1. The van der Waals surface area contributed by atoms with Crippen molar-refractivity contribution in [3.8, 4) is 0 Å². The molecule has 0 saturated carbocycles. The molecule has 3 N–H and O–H groups in total. The molecule has 1 aliphatic carbocycles. The van der Waals surface area contributed by atoms with Crippen LogP contribution in [0.4, 0.5) is 0 Å². The van der Waals surface area contributed by atoms with Crippen molar-refractivity contribution in [3.63, 3.8) is 0 Å². The summed E-state index contributed by atoms with van der Waals surface area (Å²) in [6.07, 6.45) is 1.89. The van der Waals surface area contributed by atoms with Gasteiger partial charge < -0.3 is 10.4 Å². The number of aromatic amines is 1. The molecule has 0 aliphatic heterocycles. The van der Waals surface area contributed by atoms with Gasteiger partial charge in [0.25, 0.3) is 0 Å². The summed E-state index contributed by atoms with van der Waals surface area (Å²) in [7, 11) is 0. The lowest BCUT2D eigenvalue weighted by molar-refractivity contribution is -0.142. The molecule has 4 rings (SSSR count). The number of hydrogen-bond acceptors (Lipinski definition) is 4. The van der Waals surface area contributed by atoms with Crippen molar-refractivity contribution >= 4 is 51.3 Å². The zero-order valence-electron chi connectivity index (χ0n) is 16.1. The third-order valence-electron chi connectivity index (χ3n) is 5.81. The van der Waals surface area contributed by atoms with Crippen LogP contribution in [0.5, 0.6) is 0 Å². The number of amides is 1. The molecule has 3 atom stereocenters. The van der Waals surface area contributed by atoms with Crippen molar-refractivity contribution in [2.75, 3.05) is 5.75 Å². The standard InChI is InChI=1S/C22H22BrN3O3S/c23-13-6-8-14-12(9-13)5-7-15(14)17(11-30)21(27)24-20(22(28)29)10-19-16-3-1-2-4-18(16)25-26-19/h1-4,6,8-9,15,17,20,30H,5,7,10-11H2,(H,24,27)(H,25,26)(H,28,29). The van der Waals surface area contributed by atoms with E-state index in [2.05, 4.69) is 50.1 Å². The number of carbonyl (C=O) groups is 2. The van der Waals surface area contributed by atoms with Crippen molar-refractivity contribution in [2.24, 2.45) is 5.92 Å². The van der Waals surface area contributed by atoms with Crippen LogP contribution < -0.4 is 5.32 Å². The Morgan fingerprint density at radius 1 is 1.30 bits per heavy atom. The Morgan fingerprint density at radius 2 is 2.10 bits per heavy atom. The Bertz CT molecular complexity index is 1100. The molecule has 0 saturated heterocycles. The van der Waals surface area contributed by atoms with Crippen LogP contribution in [0.25, 0.3) is 10.9 Å². The van der Waals surface area contributed by atoms with Gasteiger partial charge in [-0.15, -0.1) is 0 Å². The molecule has 3 unspecified atom stereocenters. The van der Waals surface area contributed by atoms with Gasteiger partial charge in [0, 0.05) is 27.7 Å². The normalized spacial score (nSPS) is 17.5. The number of carbonyl (C=O) groups excluding carboxylic acids is 1. The first-order chi connectivity index (χ1) is 14.5. The first kappa shape index (κ1) is 20.9. The zero-order chi connectivity index (χ0) is 21.3. The molecule has 0 bridgehead atoms. The summed E-state index contributed by atoms with van der Waals surface area (Å²) in [5.74, 6) is -1.35. The number of nitrogens with one attached hydrogen (secondary N) is 2. The Balaban J connectivity index is 1.52. The van der Waals surface area contributed by atoms with E-state index in [4.69, 9.17) is 0 Å². The summed E-state index contributed by atoms with van der Waals surface area (Å²) in [5, 5.41) is 20.4. The van der Waals surface area contributed by atoms with Gasteiger partial charge in [-0.3, -0.25) is 9.89 Å². The fourth-order valence-electron chi connectivity index (χ4n) is 4.28. The molecule has 8 heteroatoms. The second-order valence-electron chi connectivity index (χ2n) is 7.60. The van der Waals surface area contributed by atoms with Crippen molar-refractivity contribution in [2.45, 2.75) is 31.2 Å². The molecule has 1 aliphatic rings. The Morgan fingerprint density at radius 3 is 2.87 bits per heavy atom. The van der Waals surface area contributed by atoms with Crippen molar-refractivity contribution in [1.29, 1.82) is 0 Å². The van der Waals surface area contributed by atoms with Crippen LogP contribution in [-0.2, 0) is 22.4 Å². The number of aryl methyl sites for hydroxylation is 1. The third kappa shape index (κ3) is 4.11. The van der Waals surface area contributed by atoms with Crippen LogP contribution in [-0.4, -0.2) is 39.0 Å². The lowest BCUT2D eigenvalue weighted by Crippen LogP contribution is -2.46. The predicted molar refractivity (Wildman–Crippen MR) is 122 cm³/mol. The van der Waals surface area contributed by atoms with E-state index in [-0.39, 0.29) is 18.2 Å². The molecule has 156 valence electrons. The fourth-order valence-corrected chi connectivity index (χ4v) is 5.11. The third-order valence-corrected chi connectivity index (χ3v) is 6.70. The second-order valence-corrected chi connectivity index (χ2v) is 8.88. The minimum absolute atomic E-state index is 0.0352. The second kappa shape index (κ2) is 8.81. The highest BCUT2D eigenvalue weighted by Crippen LogP contribution is 2.40. The van der Waals surface area contributed by atoms with E-state index in [0.717, 1.165) is 33.8 Å². The van der Waals surface area contributed by atoms with Gasteiger partial charge in [-0.1, -0.05) is 40.2 Å². The molecule has 6 nitrogen and oxygen atoms in total. The minimum Gasteiger partial charge on any atom is -0.480 e. The van der Waals surface area contributed by atoms with Crippen LogP contribution >= 0.6 is 28.6 Å². The topological polar surface area (TPSA) is 95.1 Å². The molecule has 3 aromatic rings. The van der Waals surface area contributed by atoms with Crippen molar-refractivity contribution < 1.29 is 14.7 Å². The first-order valence-electron chi connectivity index (χ1n) is 9.82. The molecular weight excluding hydrogens is 466 g/mol. The molecule has 0 radical (unpaired) electrons. The molecular formula is C22H22BrN3O3S. The number of halogens is 1. The summed E-state index contributed by atoms with van der Waals surface area (Å²) in [6.45, 7) is 0. The lowest BCUT2D eigenvalue weighted by atomic mass is 9.87. The number of fused-ring (bicyclic) bond motifs is 2. The maximum absolute atomic E-state index is 13.1. The number of carboxylic acids is 1. The van der Waals surface area contributed by atoms with E-state index in [1.807, 2.05) is 36.4 Å². The number of rotatable bonds is 7. The lowest BCUT2D eigenvalue weighted by Gasteiger charge is -2.24. The van der Waals surface area contributed by atoms with Crippen LogP contribution in [0, 0.1) is 5.92 Å². The maximum atomic E-state index is 13.1. The largest absolute Gasteiger partial charge is 0.480 e. The summed E-state index contributed by atoms with van der Waals surface area (Å²) in [5.41, 5.74) is 3.84. The number of aromatic nitrogens is 2. The van der Waals surface area contributed by atoms with E-state index in [1.54, 1.807) is 0 Å². The van der Waals surface area contributed by atoms with Gasteiger partial charge in [-0.05, 0) is 48.1 Å². The number of hydrogen-bond donors (Lipinski definition) is 4. The highest BCUT2D eigenvalue weighted by Gasteiger charge is 2.35. The van der Waals surface area contributed by atoms with Crippen molar-refractivity contribution in [1.82, 2.24) is 15.5 Å². The Hall–Kier alpha value is -2.32. The Labute approximate surface area is 188 Å². The van der Waals surface area contributed by atoms with Gasteiger partial charge in [0.1, 0.15) is 6.04 Å². The number of aliphatic carboxylic acids is 1. The highest BCUT2D eigenvalue weighted by atomic mass is 79.9. The summed E-state index contributed by atoms with van der Waals surface area (Å²) >= 11 is 7.91. The van der Waals surface area contributed by atoms with Gasteiger partial charge in [0.2, 0.25) is 5.91 Å². The number of H-pyrrole nitrogens is 1. The molecule has 2 aromatic carbocycles. The average Bonchev–Trinajstić information content (AvgIpc) is 3.32. The smallest absolute Gasteiger partial charge is 0.326 e. The van der Waals surface area contributed by atoms with Crippen molar-refractivity contribution in [3.05, 3.63) is 63.8 Å². The molecule has 1 aromatic heterocycles. The average molecular weight is 488 g/mol. The molecule has 0 spiro atoms. The summed E-state index contributed by atoms with van der Waals surface area (Å²) in [6, 6.07) is 12.6. The monoisotopic (exact) mass is 487 g/mol. The molecule has 1 heterocycles. The predicted octanol–water partition coefficient (Wildman–Crippen LogP) is 3.71. The van der Waals surface area contributed by atoms with E-state index in [1.165, 1.54) is 5.56 Å². The fraction of sp³-hybridized carbons (Fsp3) is 0.318. The first-order valence-corrected chi connectivity index (χ1v) is 11.2. The molecule has 1 amide bonds. The molecule has 30 heavy (non-hydrogen) atoms. The van der Waals surface area contributed by atoms with E-state index in [0.29, 0.717) is 11.4 Å². The van der Waals surface area contributed by atoms with Gasteiger partial charge in [0.05, 0.1) is 11.4 Å². The summed E-state index contributed by atoms with van der Waals surface area (Å²) in [4.78, 5) is 25.0. The van der Waals surface area contributed by atoms with Crippen LogP contribution in [0.2, 0.25) is 0 Å².